The van der Waals surface area contributed by atoms with Gasteiger partial charge in [0.15, 0.2) is 0 Å². The zero-order valence-corrected chi connectivity index (χ0v) is 9.70. The third-order valence-corrected chi connectivity index (χ3v) is 1.86. The van der Waals surface area contributed by atoms with Gasteiger partial charge in [0.25, 0.3) is 0 Å². The van der Waals surface area contributed by atoms with E-state index in [9.17, 15) is 0 Å². The topological polar surface area (TPSA) is 29.0 Å². The molecule has 0 aromatic carbocycles. The molecular formula is C11H19N3. The molecule has 1 heterocycles. The van der Waals surface area contributed by atoms with Gasteiger partial charge in [-0.25, -0.2) is 9.97 Å². The van der Waals surface area contributed by atoms with E-state index in [4.69, 9.17) is 0 Å². The fraction of sp³-hybridized carbons (Fsp3) is 0.636. The van der Waals surface area contributed by atoms with Crippen molar-refractivity contribution in [1.29, 1.82) is 0 Å². The van der Waals surface area contributed by atoms with Crippen molar-refractivity contribution in [3.63, 3.8) is 0 Å². The molecule has 0 atom stereocenters. The summed E-state index contributed by atoms with van der Waals surface area (Å²) in [7, 11) is 4.08. The van der Waals surface area contributed by atoms with Crippen LogP contribution in [0.1, 0.15) is 32.3 Å². The maximum Gasteiger partial charge on any atom is 0.133 e. The van der Waals surface area contributed by atoms with Gasteiger partial charge in [0.1, 0.15) is 5.82 Å². The van der Waals surface area contributed by atoms with Crippen molar-refractivity contribution >= 4 is 0 Å². The molecule has 0 saturated heterocycles. The Hall–Kier alpha value is -0.960. The van der Waals surface area contributed by atoms with Gasteiger partial charge in [-0.15, -0.1) is 0 Å². The van der Waals surface area contributed by atoms with E-state index in [2.05, 4.69) is 35.6 Å². The number of nitrogens with zero attached hydrogens (tertiary/aromatic N) is 3. The standard InChI is InChI=1S/C11H19N3/c1-11(2,3)10-12-7-6-9(13-10)8-14(4)5/h6-7H,8H2,1-5H3. The lowest BCUT2D eigenvalue weighted by Crippen LogP contribution is -2.19. The van der Waals surface area contributed by atoms with Gasteiger partial charge < -0.3 is 4.90 Å². The SMILES string of the molecule is CN(C)Cc1ccnc(C(C)(C)C)n1. The molecule has 1 aromatic heterocycles. The molecule has 0 radical (unpaired) electrons. The first kappa shape index (κ1) is 11.1. The molecule has 1 rings (SSSR count). The van der Waals surface area contributed by atoms with Crippen LogP contribution in [0.3, 0.4) is 0 Å². The van der Waals surface area contributed by atoms with Crippen LogP contribution in [0.4, 0.5) is 0 Å². The Kier molecular flexibility index (Phi) is 3.21. The highest BCUT2D eigenvalue weighted by atomic mass is 15.1. The second kappa shape index (κ2) is 4.05. The van der Waals surface area contributed by atoms with Crippen LogP contribution >= 0.6 is 0 Å². The molecule has 0 amide bonds. The molecular weight excluding hydrogens is 174 g/mol. The van der Waals surface area contributed by atoms with Gasteiger partial charge in [-0.2, -0.15) is 0 Å². The van der Waals surface area contributed by atoms with Gasteiger partial charge in [0.2, 0.25) is 0 Å². The monoisotopic (exact) mass is 193 g/mol. The quantitative estimate of drug-likeness (QED) is 0.717. The largest absolute Gasteiger partial charge is 0.304 e. The molecule has 1 aromatic rings. The highest BCUT2D eigenvalue weighted by Crippen LogP contribution is 2.17. The van der Waals surface area contributed by atoms with E-state index in [0.29, 0.717) is 0 Å². The van der Waals surface area contributed by atoms with Crippen molar-refractivity contribution in [2.45, 2.75) is 32.7 Å². The van der Waals surface area contributed by atoms with E-state index in [1.165, 1.54) is 0 Å². The van der Waals surface area contributed by atoms with E-state index in [1.807, 2.05) is 26.4 Å². The first-order chi connectivity index (χ1) is 6.39. The zero-order chi connectivity index (χ0) is 10.8. The lowest BCUT2D eigenvalue weighted by atomic mass is 9.96. The molecule has 0 fully saturated rings. The van der Waals surface area contributed by atoms with Crippen molar-refractivity contribution in [2.24, 2.45) is 0 Å². The Morgan fingerprint density at radius 1 is 1.29 bits per heavy atom. The molecule has 0 aliphatic rings. The van der Waals surface area contributed by atoms with Crippen LogP contribution in [0.5, 0.6) is 0 Å². The second-order valence-corrected chi connectivity index (χ2v) is 4.86. The Labute approximate surface area is 86.2 Å². The molecule has 0 spiro atoms. The second-order valence-electron chi connectivity index (χ2n) is 4.86. The van der Waals surface area contributed by atoms with Crippen LogP contribution in [0, 0.1) is 0 Å². The van der Waals surface area contributed by atoms with E-state index >= 15 is 0 Å². The first-order valence-corrected chi connectivity index (χ1v) is 4.87. The minimum Gasteiger partial charge on any atom is -0.304 e. The van der Waals surface area contributed by atoms with Crippen molar-refractivity contribution in [3.8, 4) is 0 Å². The maximum atomic E-state index is 4.53. The average Bonchev–Trinajstić information content (AvgIpc) is 2.01. The number of rotatable bonds is 2. The van der Waals surface area contributed by atoms with Gasteiger partial charge in [0, 0.05) is 18.2 Å². The normalized spacial score (nSPS) is 12.1. The Bertz CT molecular complexity index is 300. The zero-order valence-electron chi connectivity index (χ0n) is 9.70. The summed E-state index contributed by atoms with van der Waals surface area (Å²) in [6, 6.07) is 1.97. The van der Waals surface area contributed by atoms with Crippen molar-refractivity contribution in [2.75, 3.05) is 14.1 Å². The molecule has 0 aliphatic carbocycles. The minimum absolute atomic E-state index is 0.0301. The number of aromatic nitrogens is 2. The molecule has 0 unspecified atom stereocenters. The number of hydrogen-bond donors (Lipinski definition) is 0. The fourth-order valence-corrected chi connectivity index (χ4v) is 1.17. The smallest absolute Gasteiger partial charge is 0.133 e. The van der Waals surface area contributed by atoms with Crippen LogP contribution in [0.25, 0.3) is 0 Å². The summed E-state index contributed by atoms with van der Waals surface area (Å²) in [5.74, 6) is 0.914. The highest BCUT2D eigenvalue weighted by molar-refractivity contribution is 5.08. The van der Waals surface area contributed by atoms with Crippen molar-refractivity contribution < 1.29 is 0 Å². The van der Waals surface area contributed by atoms with Gasteiger partial charge in [-0.3, -0.25) is 0 Å². The van der Waals surface area contributed by atoms with Gasteiger partial charge in [-0.05, 0) is 20.2 Å². The molecule has 78 valence electrons. The summed E-state index contributed by atoms with van der Waals surface area (Å²) < 4.78 is 0. The lowest BCUT2D eigenvalue weighted by molar-refractivity contribution is 0.393. The fourth-order valence-electron chi connectivity index (χ4n) is 1.17. The summed E-state index contributed by atoms with van der Waals surface area (Å²) in [6.45, 7) is 7.25. The summed E-state index contributed by atoms with van der Waals surface area (Å²) in [4.78, 5) is 10.9. The van der Waals surface area contributed by atoms with Crippen molar-refractivity contribution in [3.05, 3.63) is 23.8 Å². The van der Waals surface area contributed by atoms with E-state index < -0.39 is 0 Å². The summed E-state index contributed by atoms with van der Waals surface area (Å²) >= 11 is 0. The first-order valence-electron chi connectivity index (χ1n) is 4.87. The maximum absolute atomic E-state index is 4.53. The molecule has 0 saturated carbocycles. The van der Waals surface area contributed by atoms with Crippen LogP contribution in [-0.2, 0) is 12.0 Å². The van der Waals surface area contributed by atoms with Gasteiger partial charge in [-0.1, -0.05) is 20.8 Å². The molecule has 14 heavy (non-hydrogen) atoms. The highest BCUT2D eigenvalue weighted by Gasteiger charge is 2.17. The van der Waals surface area contributed by atoms with Crippen molar-refractivity contribution in [1.82, 2.24) is 14.9 Å². The van der Waals surface area contributed by atoms with Crippen LogP contribution in [-0.4, -0.2) is 29.0 Å². The third kappa shape index (κ3) is 3.07. The van der Waals surface area contributed by atoms with E-state index in [0.717, 1.165) is 18.1 Å². The van der Waals surface area contributed by atoms with Gasteiger partial charge in [0.05, 0.1) is 5.69 Å². The third-order valence-electron chi connectivity index (χ3n) is 1.86. The Balaban J connectivity index is 2.90. The summed E-state index contributed by atoms with van der Waals surface area (Å²) in [5.41, 5.74) is 1.11. The number of hydrogen-bond acceptors (Lipinski definition) is 3. The summed E-state index contributed by atoms with van der Waals surface area (Å²) in [6.07, 6.45) is 1.84. The van der Waals surface area contributed by atoms with Crippen LogP contribution in [0.15, 0.2) is 12.3 Å². The molecule has 3 nitrogen and oxygen atoms in total. The van der Waals surface area contributed by atoms with E-state index in [-0.39, 0.29) is 5.41 Å². The molecule has 0 bridgehead atoms. The molecule has 3 heteroatoms. The average molecular weight is 193 g/mol. The molecule has 0 aliphatic heterocycles. The molecule has 0 N–H and O–H groups in total. The van der Waals surface area contributed by atoms with Crippen LogP contribution in [0.2, 0.25) is 0 Å². The van der Waals surface area contributed by atoms with Gasteiger partial charge >= 0.3 is 0 Å². The van der Waals surface area contributed by atoms with Crippen LogP contribution < -0.4 is 0 Å². The minimum atomic E-state index is 0.0301. The summed E-state index contributed by atoms with van der Waals surface area (Å²) in [5, 5.41) is 0. The Morgan fingerprint density at radius 3 is 2.43 bits per heavy atom. The lowest BCUT2D eigenvalue weighted by Gasteiger charge is -2.17. The predicted octanol–water partition coefficient (Wildman–Crippen LogP) is 1.84. The van der Waals surface area contributed by atoms with E-state index in [1.54, 1.807) is 0 Å². The Morgan fingerprint density at radius 2 is 1.93 bits per heavy atom. The predicted molar refractivity (Wildman–Crippen MR) is 58.1 cm³/mol.